The number of urea groups is 1. The van der Waals surface area contributed by atoms with Gasteiger partial charge in [0, 0.05) is 35.5 Å². The van der Waals surface area contributed by atoms with Gasteiger partial charge in [0.1, 0.15) is 6.04 Å². The monoisotopic (exact) mass is 437 g/mol. The van der Waals surface area contributed by atoms with Crippen LogP contribution in [0.4, 0.5) is 16.2 Å². The Hall–Kier alpha value is -3.97. The summed E-state index contributed by atoms with van der Waals surface area (Å²) in [5, 5.41) is 30.3. The van der Waals surface area contributed by atoms with E-state index in [1.165, 1.54) is 24.3 Å². The second kappa shape index (κ2) is 10.2. The number of nitro groups is 1. The maximum Gasteiger partial charge on any atom is 0.319 e. The van der Waals surface area contributed by atoms with Gasteiger partial charge in [0.05, 0.1) is 17.4 Å². The summed E-state index contributed by atoms with van der Waals surface area (Å²) >= 11 is 1.56. The van der Waals surface area contributed by atoms with E-state index in [0.717, 1.165) is 15.6 Å². The van der Waals surface area contributed by atoms with Crippen LogP contribution >= 0.6 is 11.3 Å². The van der Waals surface area contributed by atoms with E-state index in [2.05, 4.69) is 16.0 Å². The molecule has 2 aromatic carbocycles. The molecule has 0 saturated carbocycles. The van der Waals surface area contributed by atoms with Crippen LogP contribution in [0.25, 0.3) is 10.1 Å². The largest absolute Gasteiger partial charge is 0.353 e. The molecule has 0 aliphatic carbocycles. The number of hydrogen-bond acceptors (Lipinski definition) is 6. The van der Waals surface area contributed by atoms with Crippen LogP contribution < -0.4 is 16.0 Å². The summed E-state index contributed by atoms with van der Waals surface area (Å²) in [6.45, 7) is 0.182. The van der Waals surface area contributed by atoms with Gasteiger partial charge < -0.3 is 16.0 Å². The van der Waals surface area contributed by atoms with Crippen LogP contribution in [0, 0.1) is 21.4 Å². The first-order valence-corrected chi connectivity index (χ1v) is 10.3. The highest BCUT2D eigenvalue weighted by Gasteiger charge is 2.22. The molecule has 158 valence electrons. The molecule has 3 rings (SSSR count). The Bertz CT molecular complexity index is 1140. The third-order valence-corrected chi connectivity index (χ3v) is 5.49. The van der Waals surface area contributed by atoms with Crippen LogP contribution in [0.2, 0.25) is 0 Å². The summed E-state index contributed by atoms with van der Waals surface area (Å²) in [6, 6.07) is 13.6. The molecular weight excluding hydrogens is 418 g/mol. The molecule has 1 aromatic heterocycles. The van der Waals surface area contributed by atoms with Gasteiger partial charge in [-0.05, 0) is 34.5 Å². The Labute approximate surface area is 181 Å². The van der Waals surface area contributed by atoms with Crippen molar-refractivity contribution in [1.82, 2.24) is 10.6 Å². The molecule has 0 aliphatic rings. The summed E-state index contributed by atoms with van der Waals surface area (Å²) in [5.74, 6) is -0.399. The maximum atomic E-state index is 12.7. The minimum Gasteiger partial charge on any atom is -0.353 e. The number of benzene rings is 2. The molecule has 1 heterocycles. The first-order valence-electron chi connectivity index (χ1n) is 9.39. The lowest BCUT2D eigenvalue weighted by molar-refractivity contribution is -0.384. The highest BCUT2D eigenvalue weighted by atomic mass is 32.1. The standard InChI is InChI=1S/C21H19N5O4S/c22-10-3-11-23-20(27)18(12-14-13-31-19-5-2-1-4-17(14)19)25-21(28)24-15-6-8-16(9-7-15)26(29)30/h1-2,4-9,13,18H,3,11-12H2,(H,23,27)(H2,24,25,28). The minimum absolute atomic E-state index is 0.0926. The molecule has 3 aromatic rings. The van der Waals surface area contributed by atoms with Crippen LogP contribution in [0.5, 0.6) is 0 Å². The van der Waals surface area contributed by atoms with Crippen LogP contribution in [-0.4, -0.2) is 29.4 Å². The maximum absolute atomic E-state index is 12.7. The Kier molecular flexibility index (Phi) is 7.13. The minimum atomic E-state index is -0.866. The van der Waals surface area contributed by atoms with E-state index in [-0.39, 0.29) is 25.1 Å². The van der Waals surface area contributed by atoms with Crippen molar-refractivity contribution in [3.8, 4) is 6.07 Å². The number of hydrogen-bond donors (Lipinski definition) is 3. The van der Waals surface area contributed by atoms with Gasteiger partial charge in [-0.2, -0.15) is 5.26 Å². The van der Waals surface area contributed by atoms with Gasteiger partial charge >= 0.3 is 6.03 Å². The summed E-state index contributed by atoms with van der Waals surface area (Å²) in [6.07, 6.45) is 0.435. The van der Waals surface area contributed by atoms with Crippen molar-refractivity contribution in [1.29, 1.82) is 5.26 Å². The van der Waals surface area contributed by atoms with E-state index in [1.807, 2.05) is 35.7 Å². The smallest absolute Gasteiger partial charge is 0.319 e. The molecule has 3 N–H and O–H groups in total. The SMILES string of the molecule is N#CCCNC(=O)C(Cc1csc2ccccc12)NC(=O)Nc1ccc([N+](=O)[O-])cc1. The van der Waals surface area contributed by atoms with Crippen LogP contribution in [0.3, 0.4) is 0 Å². The Balaban J connectivity index is 1.72. The summed E-state index contributed by atoms with van der Waals surface area (Å²) < 4.78 is 1.08. The molecule has 0 bridgehead atoms. The number of nitrogens with zero attached hydrogens (tertiary/aromatic N) is 2. The molecule has 0 aliphatic heterocycles. The van der Waals surface area contributed by atoms with E-state index in [0.29, 0.717) is 5.69 Å². The number of thiophene rings is 1. The lowest BCUT2D eigenvalue weighted by Gasteiger charge is -2.18. The predicted octanol–water partition coefficient (Wildman–Crippen LogP) is 3.57. The average Bonchev–Trinajstić information content (AvgIpc) is 3.16. The lowest BCUT2D eigenvalue weighted by atomic mass is 10.0. The van der Waals surface area contributed by atoms with E-state index in [1.54, 1.807) is 11.3 Å². The third-order valence-electron chi connectivity index (χ3n) is 4.48. The van der Waals surface area contributed by atoms with Crippen molar-refractivity contribution >= 4 is 44.7 Å². The van der Waals surface area contributed by atoms with E-state index in [4.69, 9.17) is 5.26 Å². The molecule has 3 amide bonds. The van der Waals surface area contributed by atoms with Crippen LogP contribution in [0.15, 0.2) is 53.9 Å². The van der Waals surface area contributed by atoms with Gasteiger partial charge in [0.15, 0.2) is 0 Å². The molecule has 0 radical (unpaired) electrons. The molecule has 1 unspecified atom stereocenters. The van der Waals surface area contributed by atoms with Gasteiger partial charge in [-0.1, -0.05) is 18.2 Å². The fourth-order valence-electron chi connectivity index (χ4n) is 2.98. The molecule has 0 saturated heterocycles. The van der Waals surface area contributed by atoms with Gasteiger partial charge in [-0.3, -0.25) is 14.9 Å². The van der Waals surface area contributed by atoms with Gasteiger partial charge in [0.25, 0.3) is 5.69 Å². The number of nitro benzene ring substituents is 1. The zero-order valence-electron chi connectivity index (χ0n) is 16.3. The number of non-ortho nitro benzene ring substituents is 1. The highest BCUT2D eigenvalue weighted by molar-refractivity contribution is 7.17. The Morgan fingerprint density at radius 2 is 1.90 bits per heavy atom. The number of amides is 3. The van der Waals surface area contributed by atoms with Crippen molar-refractivity contribution in [3.63, 3.8) is 0 Å². The number of anilines is 1. The van der Waals surface area contributed by atoms with Crippen molar-refractivity contribution < 1.29 is 14.5 Å². The molecular formula is C21H19N5O4S. The number of nitriles is 1. The number of nitrogens with one attached hydrogen (secondary N) is 3. The summed E-state index contributed by atoms with van der Waals surface area (Å²) in [7, 11) is 0. The summed E-state index contributed by atoms with van der Waals surface area (Å²) in [4.78, 5) is 35.4. The van der Waals surface area contributed by atoms with E-state index >= 15 is 0 Å². The van der Waals surface area contributed by atoms with Gasteiger partial charge in [-0.15, -0.1) is 11.3 Å². The number of fused-ring (bicyclic) bond motifs is 1. The lowest BCUT2D eigenvalue weighted by Crippen LogP contribution is -2.49. The van der Waals surface area contributed by atoms with E-state index in [9.17, 15) is 19.7 Å². The quantitative estimate of drug-likeness (QED) is 0.281. The Morgan fingerprint density at radius 1 is 1.16 bits per heavy atom. The van der Waals surface area contributed by atoms with Gasteiger partial charge in [-0.25, -0.2) is 4.79 Å². The summed E-state index contributed by atoms with van der Waals surface area (Å²) in [5.41, 5.74) is 1.19. The van der Waals surface area contributed by atoms with Crippen molar-refractivity contribution in [2.45, 2.75) is 18.9 Å². The predicted molar refractivity (Wildman–Crippen MR) is 118 cm³/mol. The second-order valence-corrected chi connectivity index (χ2v) is 7.53. The number of carbonyl (C=O) groups excluding carboxylic acids is 2. The fourth-order valence-corrected chi connectivity index (χ4v) is 3.95. The van der Waals surface area contributed by atoms with Crippen molar-refractivity contribution in [2.24, 2.45) is 0 Å². The third kappa shape index (κ3) is 5.77. The van der Waals surface area contributed by atoms with Crippen LogP contribution in [-0.2, 0) is 11.2 Å². The first-order chi connectivity index (χ1) is 15.0. The van der Waals surface area contributed by atoms with Crippen LogP contribution in [0.1, 0.15) is 12.0 Å². The molecule has 31 heavy (non-hydrogen) atoms. The zero-order valence-corrected chi connectivity index (χ0v) is 17.1. The van der Waals surface area contributed by atoms with Gasteiger partial charge in [0.2, 0.25) is 5.91 Å². The average molecular weight is 437 g/mol. The fraction of sp³-hybridized carbons (Fsp3) is 0.190. The highest BCUT2D eigenvalue weighted by Crippen LogP contribution is 2.26. The number of rotatable bonds is 8. The molecule has 0 spiro atoms. The molecule has 0 fully saturated rings. The molecule has 1 atom stereocenters. The zero-order chi connectivity index (χ0) is 22.2. The molecule has 10 heteroatoms. The second-order valence-electron chi connectivity index (χ2n) is 6.62. The normalized spacial score (nSPS) is 11.3. The van der Waals surface area contributed by atoms with Crippen molar-refractivity contribution in [3.05, 3.63) is 69.6 Å². The first kappa shape index (κ1) is 21.7. The van der Waals surface area contributed by atoms with E-state index < -0.39 is 22.9 Å². The molecule has 9 nitrogen and oxygen atoms in total. The topological polar surface area (TPSA) is 137 Å². The number of carbonyl (C=O) groups is 2. The van der Waals surface area contributed by atoms with Crippen molar-refractivity contribution in [2.75, 3.05) is 11.9 Å². The Morgan fingerprint density at radius 3 is 2.61 bits per heavy atom.